The van der Waals surface area contributed by atoms with E-state index in [0.29, 0.717) is 6.04 Å². The minimum Gasteiger partial charge on any atom is -0.308 e. The Labute approximate surface area is 105 Å². The molecule has 1 aliphatic rings. The van der Waals surface area contributed by atoms with Gasteiger partial charge in [0.15, 0.2) is 0 Å². The van der Waals surface area contributed by atoms with Gasteiger partial charge in [-0.1, -0.05) is 5.21 Å². The lowest BCUT2D eigenvalue weighted by atomic mass is 9.94. The molecule has 2 aromatic rings. The van der Waals surface area contributed by atoms with Gasteiger partial charge in [-0.3, -0.25) is 4.68 Å². The normalized spacial score (nSPS) is 19.2. The van der Waals surface area contributed by atoms with Crippen LogP contribution in [0.15, 0.2) is 23.8 Å². The highest BCUT2D eigenvalue weighted by Crippen LogP contribution is 2.32. The number of aromatic nitrogens is 3. The van der Waals surface area contributed by atoms with Crippen molar-refractivity contribution in [3.8, 4) is 0 Å². The Hall–Kier alpha value is -1.20. The molecule has 17 heavy (non-hydrogen) atoms. The maximum absolute atomic E-state index is 3.96. The Bertz CT molecular complexity index is 463. The van der Waals surface area contributed by atoms with Gasteiger partial charge < -0.3 is 5.32 Å². The Balaban J connectivity index is 1.57. The van der Waals surface area contributed by atoms with Gasteiger partial charge in [-0.25, -0.2) is 0 Å². The van der Waals surface area contributed by atoms with Gasteiger partial charge >= 0.3 is 0 Å². The second kappa shape index (κ2) is 4.98. The third kappa shape index (κ3) is 2.40. The van der Waals surface area contributed by atoms with Crippen molar-refractivity contribution in [2.75, 3.05) is 6.54 Å². The molecule has 1 unspecified atom stereocenters. The van der Waals surface area contributed by atoms with Crippen LogP contribution in [0.1, 0.15) is 29.3 Å². The van der Waals surface area contributed by atoms with Crippen LogP contribution in [0, 0.1) is 0 Å². The zero-order chi connectivity index (χ0) is 11.5. The van der Waals surface area contributed by atoms with Gasteiger partial charge in [0.2, 0.25) is 0 Å². The molecule has 0 saturated heterocycles. The number of aryl methyl sites for hydroxylation is 1. The lowest BCUT2D eigenvalue weighted by molar-refractivity contribution is 0.437. The second-order valence-electron chi connectivity index (χ2n) is 4.36. The summed E-state index contributed by atoms with van der Waals surface area (Å²) in [7, 11) is 0. The Kier molecular flexibility index (Phi) is 3.20. The second-order valence-corrected chi connectivity index (χ2v) is 5.36. The van der Waals surface area contributed by atoms with E-state index >= 15 is 0 Å². The fourth-order valence-electron chi connectivity index (χ4n) is 2.40. The van der Waals surface area contributed by atoms with Crippen molar-refractivity contribution in [1.82, 2.24) is 20.3 Å². The average Bonchev–Trinajstić information content (AvgIpc) is 2.99. The summed E-state index contributed by atoms with van der Waals surface area (Å²) in [6, 6.07) is 2.81. The Morgan fingerprint density at radius 2 is 2.53 bits per heavy atom. The first kappa shape index (κ1) is 10.9. The molecule has 3 rings (SSSR count). The molecule has 2 heterocycles. The van der Waals surface area contributed by atoms with Crippen LogP contribution < -0.4 is 5.32 Å². The third-order valence-electron chi connectivity index (χ3n) is 3.26. The number of rotatable bonds is 4. The van der Waals surface area contributed by atoms with Crippen molar-refractivity contribution < 1.29 is 0 Å². The van der Waals surface area contributed by atoms with Crippen LogP contribution in [0.3, 0.4) is 0 Å². The number of fused-ring (bicyclic) bond motifs is 1. The van der Waals surface area contributed by atoms with Crippen LogP contribution in [-0.4, -0.2) is 21.5 Å². The molecule has 0 radical (unpaired) electrons. The first-order valence-electron chi connectivity index (χ1n) is 6.07. The van der Waals surface area contributed by atoms with Crippen LogP contribution in [0.5, 0.6) is 0 Å². The largest absolute Gasteiger partial charge is 0.308 e. The lowest BCUT2D eigenvalue weighted by Crippen LogP contribution is -2.27. The fraction of sp³-hybridized carbons (Fsp3) is 0.500. The fourth-order valence-corrected chi connectivity index (χ4v) is 3.39. The molecule has 0 fully saturated rings. The summed E-state index contributed by atoms with van der Waals surface area (Å²) in [6.07, 6.45) is 7.43. The van der Waals surface area contributed by atoms with E-state index in [0.717, 1.165) is 13.1 Å². The van der Waals surface area contributed by atoms with E-state index in [9.17, 15) is 0 Å². The maximum Gasteiger partial charge on any atom is 0.0692 e. The predicted molar refractivity (Wildman–Crippen MR) is 68.0 cm³/mol. The number of hydrogen-bond acceptors (Lipinski definition) is 4. The van der Waals surface area contributed by atoms with Crippen molar-refractivity contribution in [3.63, 3.8) is 0 Å². The van der Waals surface area contributed by atoms with Crippen molar-refractivity contribution in [3.05, 3.63) is 34.3 Å². The van der Waals surface area contributed by atoms with Crippen LogP contribution >= 0.6 is 11.3 Å². The van der Waals surface area contributed by atoms with Gasteiger partial charge in [-0.2, -0.15) is 0 Å². The molecule has 5 heteroatoms. The molecule has 1 atom stereocenters. The molecule has 1 N–H and O–H groups in total. The first-order chi connectivity index (χ1) is 8.43. The Morgan fingerprint density at radius 1 is 1.53 bits per heavy atom. The van der Waals surface area contributed by atoms with Gasteiger partial charge in [0, 0.05) is 23.7 Å². The molecule has 2 aromatic heterocycles. The lowest BCUT2D eigenvalue weighted by Gasteiger charge is -2.23. The smallest absolute Gasteiger partial charge is 0.0692 e. The zero-order valence-corrected chi connectivity index (χ0v) is 10.5. The number of nitrogens with zero attached hydrogens (tertiary/aromatic N) is 3. The molecule has 0 amide bonds. The third-order valence-corrected chi connectivity index (χ3v) is 4.25. The van der Waals surface area contributed by atoms with E-state index in [2.05, 4.69) is 27.1 Å². The number of nitrogens with one attached hydrogen (secondary N) is 1. The summed E-state index contributed by atoms with van der Waals surface area (Å²) in [6.45, 7) is 1.83. The molecule has 0 spiro atoms. The van der Waals surface area contributed by atoms with Gasteiger partial charge in [-0.05, 0) is 36.3 Å². The van der Waals surface area contributed by atoms with Crippen LogP contribution in [0.2, 0.25) is 0 Å². The monoisotopic (exact) mass is 248 g/mol. The molecular weight excluding hydrogens is 232 g/mol. The highest BCUT2D eigenvalue weighted by molar-refractivity contribution is 7.10. The van der Waals surface area contributed by atoms with Crippen molar-refractivity contribution >= 4 is 11.3 Å². The topological polar surface area (TPSA) is 42.7 Å². The minimum absolute atomic E-state index is 0.536. The first-order valence-corrected chi connectivity index (χ1v) is 6.95. The van der Waals surface area contributed by atoms with Crippen molar-refractivity contribution in [2.24, 2.45) is 0 Å². The highest BCUT2D eigenvalue weighted by atomic mass is 32.1. The summed E-state index contributed by atoms with van der Waals surface area (Å²) in [4.78, 5) is 1.56. The quantitative estimate of drug-likeness (QED) is 0.900. The van der Waals surface area contributed by atoms with Gasteiger partial charge in [-0.15, -0.1) is 16.4 Å². The van der Waals surface area contributed by atoms with E-state index in [4.69, 9.17) is 0 Å². The number of thiophene rings is 1. The van der Waals surface area contributed by atoms with Gasteiger partial charge in [0.05, 0.1) is 12.7 Å². The van der Waals surface area contributed by atoms with Crippen LogP contribution in [-0.2, 0) is 13.0 Å². The maximum atomic E-state index is 3.96. The van der Waals surface area contributed by atoms with Crippen molar-refractivity contribution in [1.29, 1.82) is 0 Å². The molecule has 1 aliphatic carbocycles. The predicted octanol–water partition coefficient (Wildman–Crippen LogP) is 2.01. The minimum atomic E-state index is 0.536. The molecule has 90 valence electrons. The Morgan fingerprint density at radius 3 is 3.41 bits per heavy atom. The molecule has 4 nitrogen and oxygen atoms in total. The van der Waals surface area contributed by atoms with Crippen molar-refractivity contribution in [2.45, 2.75) is 31.8 Å². The SMILES string of the molecule is c1cn(CCNC2CCCc3sccc32)nn1. The summed E-state index contributed by atoms with van der Waals surface area (Å²) in [5, 5.41) is 13.6. The van der Waals surface area contributed by atoms with E-state index < -0.39 is 0 Å². The zero-order valence-electron chi connectivity index (χ0n) is 9.67. The molecular formula is C12H16N4S. The summed E-state index contributed by atoms with van der Waals surface area (Å²) < 4.78 is 1.87. The van der Waals surface area contributed by atoms with Crippen LogP contribution in [0.4, 0.5) is 0 Å². The highest BCUT2D eigenvalue weighted by Gasteiger charge is 2.20. The van der Waals surface area contributed by atoms with E-state index in [1.165, 1.54) is 24.8 Å². The van der Waals surface area contributed by atoms with E-state index in [-0.39, 0.29) is 0 Å². The van der Waals surface area contributed by atoms with Gasteiger partial charge in [0.1, 0.15) is 0 Å². The van der Waals surface area contributed by atoms with Crippen LogP contribution in [0.25, 0.3) is 0 Å². The van der Waals surface area contributed by atoms with Gasteiger partial charge in [0.25, 0.3) is 0 Å². The molecule has 0 saturated carbocycles. The standard InChI is InChI=1S/C12H16N4S/c1-2-11(10-4-9-17-12(10)3-1)13-5-7-16-8-6-14-15-16/h4,6,8-9,11,13H,1-3,5,7H2. The molecule has 0 aromatic carbocycles. The summed E-state index contributed by atoms with van der Waals surface area (Å²) >= 11 is 1.89. The summed E-state index contributed by atoms with van der Waals surface area (Å²) in [5.41, 5.74) is 1.51. The van der Waals surface area contributed by atoms with E-state index in [1.807, 2.05) is 22.2 Å². The average molecular weight is 248 g/mol. The van der Waals surface area contributed by atoms with E-state index in [1.54, 1.807) is 11.1 Å². The molecule has 0 aliphatic heterocycles. The molecule has 0 bridgehead atoms. The summed E-state index contributed by atoms with van der Waals surface area (Å²) in [5.74, 6) is 0. The number of hydrogen-bond donors (Lipinski definition) is 1.